The zero-order valence-electron chi connectivity index (χ0n) is 14.1. The van der Waals surface area contributed by atoms with Crippen LogP contribution in [0.2, 0.25) is 0 Å². The summed E-state index contributed by atoms with van der Waals surface area (Å²) in [5, 5.41) is 0. The molecule has 0 aliphatic carbocycles. The Hall–Kier alpha value is -1.38. The van der Waals surface area contributed by atoms with E-state index in [2.05, 4.69) is 60.0 Å². The molecule has 1 unspecified atom stereocenters. The summed E-state index contributed by atoms with van der Waals surface area (Å²) in [6.07, 6.45) is 13.8. The zero-order chi connectivity index (χ0) is 15.9. The van der Waals surface area contributed by atoms with E-state index < -0.39 is 0 Å². The molecule has 0 bridgehead atoms. The fourth-order valence-corrected chi connectivity index (χ4v) is 3.51. The lowest BCUT2D eigenvalue weighted by Crippen LogP contribution is -2.27. The van der Waals surface area contributed by atoms with Crippen molar-refractivity contribution in [1.29, 1.82) is 0 Å². The zero-order valence-corrected chi connectivity index (χ0v) is 14.1. The van der Waals surface area contributed by atoms with Crippen molar-refractivity contribution in [3.05, 3.63) is 60.7 Å². The van der Waals surface area contributed by atoms with E-state index >= 15 is 0 Å². The lowest BCUT2D eigenvalue weighted by molar-refractivity contribution is 0.278. The number of unbranched alkanes of at least 4 members (excludes halogenated alkanes) is 2. The van der Waals surface area contributed by atoms with Gasteiger partial charge in [0.15, 0.2) is 0 Å². The number of likely N-dealkylation sites (tertiary alicyclic amines) is 1. The molecule has 0 spiro atoms. The van der Waals surface area contributed by atoms with E-state index in [-0.39, 0.29) is 0 Å². The van der Waals surface area contributed by atoms with Gasteiger partial charge in [0, 0.05) is 19.1 Å². The minimum atomic E-state index is 0.511. The number of rotatable bonds is 9. The summed E-state index contributed by atoms with van der Waals surface area (Å²) in [7, 11) is 0. The van der Waals surface area contributed by atoms with Crippen molar-refractivity contribution in [3.63, 3.8) is 0 Å². The molecule has 0 radical (unpaired) electrons. The summed E-state index contributed by atoms with van der Waals surface area (Å²) in [5.74, 6) is 0.675. The van der Waals surface area contributed by atoms with Gasteiger partial charge in [0.1, 0.15) is 0 Å². The molecule has 3 rings (SSSR count). The van der Waals surface area contributed by atoms with Crippen LogP contribution >= 0.6 is 0 Å². The molecule has 2 aliphatic heterocycles. The molecule has 0 N–H and O–H groups in total. The summed E-state index contributed by atoms with van der Waals surface area (Å²) in [6.45, 7) is 7.21. The Balaban J connectivity index is 1.41. The summed E-state index contributed by atoms with van der Waals surface area (Å²) < 4.78 is 5.25. The van der Waals surface area contributed by atoms with E-state index in [1.54, 1.807) is 0 Å². The van der Waals surface area contributed by atoms with E-state index in [4.69, 9.17) is 4.74 Å². The van der Waals surface area contributed by atoms with Gasteiger partial charge in [-0.2, -0.15) is 0 Å². The first-order valence-electron chi connectivity index (χ1n) is 9.04. The Morgan fingerprint density at radius 1 is 1.22 bits per heavy atom. The molecule has 2 aliphatic rings. The molecule has 23 heavy (non-hydrogen) atoms. The smallest absolute Gasteiger partial charge is 0.0810 e. The lowest BCUT2D eigenvalue weighted by atomic mass is 10.0. The van der Waals surface area contributed by atoms with Gasteiger partial charge in [0.25, 0.3) is 0 Å². The molecule has 2 heterocycles. The van der Waals surface area contributed by atoms with E-state index in [1.165, 1.54) is 37.7 Å². The molecule has 1 aromatic rings. The van der Waals surface area contributed by atoms with Gasteiger partial charge in [-0.25, -0.2) is 0 Å². The second-order valence-electron chi connectivity index (χ2n) is 6.88. The van der Waals surface area contributed by atoms with E-state index in [0.717, 1.165) is 19.7 Å². The molecule has 2 nitrogen and oxygen atoms in total. The predicted molar refractivity (Wildman–Crippen MR) is 96.3 cm³/mol. The maximum absolute atomic E-state index is 5.25. The SMILES string of the molecule is C=C[C@@H]1C[C@H](/C=C/CCCCC2CO2)CN1Cc1ccccc1. The second kappa shape index (κ2) is 8.47. The van der Waals surface area contributed by atoms with Gasteiger partial charge in [-0.3, -0.25) is 4.90 Å². The third-order valence-electron chi connectivity index (χ3n) is 4.94. The molecular weight excluding hydrogens is 282 g/mol. The standard InChI is InChI=1S/C21H29NO/c1-2-20-14-19(12-6-3-4-9-13-21-17-23-21)16-22(20)15-18-10-7-5-8-11-18/h2,5-8,10-12,19-21H,1,3-4,9,13-17H2/b12-6+/t19-,20+,21?/m0/s1. The van der Waals surface area contributed by atoms with Gasteiger partial charge in [0.2, 0.25) is 0 Å². The van der Waals surface area contributed by atoms with Crippen LogP contribution in [0.1, 0.15) is 37.7 Å². The minimum Gasteiger partial charge on any atom is -0.373 e. The van der Waals surface area contributed by atoms with Gasteiger partial charge in [-0.1, -0.05) is 55.0 Å². The fraction of sp³-hybridized carbons (Fsp3) is 0.524. The number of benzene rings is 1. The molecule has 2 heteroatoms. The molecule has 3 atom stereocenters. The van der Waals surface area contributed by atoms with Crippen molar-refractivity contribution in [2.24, 2.45) is 5.92 Å². The van der Waals surface area contributed by atoms with Crippen LogP contribution in [0.4, 0.5) is 0 Å². The Morgan fingerprint density at radius 3 is 2.78 bits per heavy atom. The van der Waals surface area contributed by atoms with Crippen LogP contribution in [0.15, 0.2) is 55.1 Å². The van der Waals surface area contributed by atoms with Crippen LogP contribution in [-0.4, -0.2) is 30.2 Å². The third kappa shape index (κ3) is 5.33. The van der Waals surface area contributed by atoms with Gasteiger partial charge < -0.3 is 4.74 Å². The maximum atomic E-state index is 5.25. The summed E-state index contributed by atoms with van der Waals surface area (Å²) in [5.41, 5.74) is 1.39. The highest BCUT2D eigenvalue weighted by atomic mass is 16.6. The van der Waals surface area contributed by atoms with Crippen molar-refractivity contribution in [3.8, 4) is 0 Å². The van der Waals surface area contributed by atoms with Crippen LogP contribution < -0.4 is 0 Å². The van der Waals surface area contributed by atoms with Crippen molar-refractivity contribution in [2.75, 3.05) is 13.2 Å². The Morgan fingerprint density at radius 2 is 2.04 bits per heavy atom. The Labute approximate surface area is 140 Å². The molecule has 1 aromatic carbocycles. The van der Waals surface area contributed by atoms with Crippen molar-refractivity contribution in [2.45, 2.75) is 50.8 Å². The summed E-state index contributed by atoms with van der Waals surface area (Å²) in [4.78, 5) is 2.56. The molecule has 2 saturated heterocycles. The first-order valence-corrected chi connectivity index (χ1v) is 9.04. The molecule has 124 valence electrons. The van der Waals surface area contributed by atoms with Crippen LogP contribution in [0, 0.1) is 5.92 Å². The predicted octanol–water partition coefficient (Wildman–Crippen LogP) is 4.58. The van der Waals surface area contributed by atoms with Crippen LogP contribution in [0.5, 0.6) is 0 Å². The van der Waals surface area contributed by atoms with E-state index in [9.17, 15) is 0 Å². The average molecular weight is 311 g/mol. The maximum Gasteiger partial charge on any atom is 0.0810 e. The fourth-order valence-electron chi connectivity index (χ4n) is 3.51. The Bertz CT molecular complexity index is 506. The molecule has 2 fully saturated rings. The van der Waals surface area contributed by atoms with Gasteiger partial charge >= 0.3 is 0 Å². The minimum absolute atomic E-state index is 0.511. The highest BCUT2D eigenvalue weighted by Gasteiger charge is 2.28. The number of hydrogen-bond donors (Lipinski definition) is 0. The van der Waals surface area contributed by atoms with Gasteiger partial charge in [-0.15, -0.1) is 6.58 Å². The second-order valence-corrected chi connectivity index (χ2v) is 6.88. The Kier molecular flexibility index (Phi) is 6.06. The molecule has 0 aromatic heterocycles. The largest absolute Gasteiger partial charge is 0.373 e. The summed E-state index contributed by atoms with van der Waals surface area (Å²) in [6, 6.07) is 11.3. The van der Waals surface area contributed by atoms with Gasteiger partial charge in [0.05, 0.1) is 12.7 Å². The van der Waals surface area contributed by atoms with Crippen molar-refractivity contribution < 1.29 is 4.74 Å². The number of hydrogen-bond acceptors (Lipinski definition) is 2. The van der Waals surface area contributed by atoms with E-state index in [0.29, 0.717) is 18.1 Å². The first kappa shape index (κ1) is 16.5. The van der Waals surface area contributed by atoms with Crippen LogP contribution in [0.25, 0.3) is 0 Å². The molecule has 0 amide bonds. The average Bonchev–Trinajstić information content (AvgIpc) is 3.32. The highest BCUT2D eigenvalue weighted by molar-refractivity contribution is 5.16. The number of nitrogens with zero attached hydrogens (tertiary/aromatic N) is 1. The van der Waals surface area contributed by atoms with Crippen molar-refractivity contribution >= 4 is 0 Å². The first-order chi connectivity index (χ1) is 11.3. The van der Waals surface area contributed by atoms with Gasteiger partial charge in [-0.05, 0) is 37.2 Å². The summed E-state index contributed by atoms with van der Waals surface area (Å²) >= 11 is 0. The van der Waals surface area contributed by atoms with E-state index in [1.807, 2.05) is 0 Å². The molecular formula is C21H29NO. The molecule has 0 saturated carbocycles. The topological polar surface area (TPSA) is 15.8 Å². The lowest BCUT2D eigenvalue weighted by Gasteiger charge is -2.21. The third-order valence-corrected chi connectivity index (χ3v) is 4.94. The highest BCUT2D eigenvalue weighted by Crippen LogP contribution is 2.27. The number of epoxide rings is 1. The van der Waals surface area contributed by atoms with Crippen molar-refractivity contribution in [1.82, 2.24) is 4.90 Å². The van der Waals surface area contributed by atoms with Crippen LogP contribution in [-0.2, 0) is 11.3 Å². The number of allylic oxidation sites excluding steroid dienone is 1. The quantitative estimate of drug-likeness (QED) is 0.377. The number of ether oxygens (including phenoxy) is 1. The van der Waals surface area contributed by atoms with Crippen LogP contribution in [0.3, 0.4) is 0 Å². The normalized spacial score (nSPS) is 27.6. The monoisotopic (exact) mass is 311 g/mol.